The van der Waals surface area contributed by atoms with E-state index in [-0.39, 0.29) is 11.5 Å². The fourth-order valence-electron chi connectivity index (χ4n) is 4.33. The molecule has 4 nitrogen and oxygen atoms in total. The van der Waals surface area contributed by atoms with Gasteiger partial charge >= 0.3 is 0 Å². The lowest BCUT2D eigenvalue weighted by Crippen LogP contribution is -2.55. The van der Waals surface area contributed by atoms with Crippen molar-refractivity contribution in [3.63, 3.8) is 0 Å². The van der Waals surface area contributed by atoms with Crippen molar-refractivity contribution in [2.75, 3.05) is 26.2 Å². The van der Waals surface area contributed by atoms with Crippen LogP contribution in [0, 0.1) is 17.3 Å². The van der Waals surface area contributed by atoms with Gasteiger partial charge in [-0.2, -0.15) is 0 Å². The number of likely N-dealkylation sites (tertiary alicyclic amines) is 1. The summed E-state index contributed by atoms with van der Waals surface area (Å²) in [5, 5.41) is 3.47. The number of nitrogens with zero attached hydrogens (tertiary/aromatic N) is 1. The standard InChI is InChI=1S/C15H27N3O/c1-11-9-18(7-5-13(11)16)14(19)15-6-3-2-4-12(15)8-17-10-15/h11-13,17H,2-10,16H2,1H3/t11?,12-,13?,15+/m0/s1. The largest absolute Gasteiger partial charge is 0.342 e. The molecule has 3 fully saturated rings. The molecule has 0 radical (unpaired) electrons. The summed E-state index contributed by atoms with van der Waals surface area (Å²) in [5.74, 6) is 1.42. The normalized spacial score (nSPS) is 43.1. The smallest absolute Gasteiger partial charge is 0.230 e. The molecule has 3 N–H and O–H groups in total. The monoisotopic (exact) mass is 265 g/mol. The van der Waals surface area contributed by atoms with Gasteiger partial charge < -0.3 is 16.0 Å². The Hall–Kier alpha value is -0.610. The van der Waals surface area contributed by atoms with E-state index >= 15 is 0 Å². The van der Waals surface area contributed by atoms with Crippen LogP contribution in [0.5, 0.6) is 0 Å². The van der Waals surface area contributed by atoms with Crippen LogP contribution in [0.4, 0.5) is 0 Å². The van der Waals surface area contributed by atoms with Crippen molar-refractivity contribution in [3.8, 4) is 0 Å². The lowest BCUT2D eigenvalue weighted by Gasteiger charge is -2.44. The third-order valence-electron chi connectivity index (χ3n) is 5.72. The molecule has 2 unspecified atom stereocenters. The molecule has 0 spiro atoms. The minimum Gasteiger partial charge on any atom is -0.342 e. The molecule has 1 saturated carbocycles. The molecular formula is C15H27N3O. The van der Waals surface area contributed by atoms with Gasteiger partial charge in [0.15, 0.2) is 0 Å². The second-order valence-electron chi connectivity index (χ2n) is 6.91. The third-order valence-corrected chi connectivity index (χ3v) is 5.72. The predicted octanol–water partition coefficient (Wildman–Crippen LogP) is 0.962. The molecule has 0 bridgehead atoms. The number of hydrogen-bond donors (Lipinski definition) is 2. The van der Waals surface area contributed by atoms with Crippen LogP contribution in [-0.4, -0.2) is 43.0 Å². The Morgan fingerprint density at radius 1 is 1.37 bits per heavy atom. The molecule has 4 atom stereocenters. The zero-order valence-corrected chi connectivity index (χ0v) is 12.0. The maximum absolute atomic E-state index is 13.1. The minimum absolute atomic E-state index is 0.0839. The zero-order chi connectivity index (χ0) is 13.5. The summed E-state index contributed by atoms with van der Waals surface area (Å²) in [7, 11) is 0. The van der Waals surface area contributed by atoms with Crippen molar-refractivity contribution in [1.82, 2.24) is 10.2 Å². The molecule has 108 valence electrons. The lowest BCUT2D eigenvalue weighted by molar-refractivity contribution is -0.147. The first kappa shape index (κ1) is 13.4. The van der Waals surface area contributed by atoms with Crippen molar-refractivity contribution >= 4 is 5.91 Å². The van der Waals surface area contributed by atoms with E-state index in [1.165, 1.54) is 19.3 Å². The van der Waals surface area contributed by atoms with E-state index in [9.17, 15) is 4.79 Å². The van der Waals surface area contributed by atoms with Crippen LogP contribution >= 0.6 is 0 Å². The molecule has 1 aliphatic carbocycles. The quantitative estimate of drug-likeness (QED) is 0.742. The SMILES string of the molecule is CC1CN(C(=O)[C@@]23CCCC[C@H]2CNC3)CCC1N. The van der Waals surface area contributed by atoms with Crippen molar-refractivity contribution in [2.24, 2.45) is 23.0 Å². The van der Waals surface area contributed by atoms with E-state index in [0.717, 1.165) is 39.0 Å². The average Bonchev–Trinajstić information content (AvgIpc) is 2.86. The van der Waals surface area contributed by atoms with E-state index < -0.39 is 0 Å². The fraction of sp³-hybridized carbons (Fsp3) is 0.933. The van der Waals surface area contributed by atoms with Crippen LogP contribution in [0.1, 0.15) is 39.0 Å². The highest BCUT2D eigenvalue weighted by molar-refractivity contribution is 5.84. The van der Waals surface area contributed by atoms with E-state index in [1.807, 2.05) is 0 Å². The van der Waals surface area contributed by atoms with Gasteiger partial charge in [0, 0.05) is 25.7 Å². The van der Waals surface area contributed by atoms with Gasteiger partial charge in [0.1, 0.15) is 0 Å². The van der Waals surface area contributed by atoms with Gasteiger partial charge in [0.05, 0.1) is 5.41 Å². The third kappa shape index (κ3) is 2.19. The Bertz CT molecular complexity index is 359. The molecule has 2 aliphatic heterocycles. The molecule has 0 aromatic heterocycles. The number of carbonyl (C=O) groups excluding carboxylic acids is 1. The summed E-state index contributed by atoms with van der Waals surface area (Å²) < 4.78 is 0. The van der Waals surface area contributed by atoms with Crippen LogP contribution in [-0.2, 0) is 4.79 Å². The van der Waals surface area contributed by atoms with E-state index in [4.69, 9.17) is 5.73 Å². The van der Waals surface area contributed by atoms with Crippen LogP contribution in [0.15, 0.2) is 0 Å². The lowest BCUT2D eigenvalue weighted by atomic mass is 9.67. The van der Waals surface area contributed by atoms with Gasteiger partial charge in [-0.15, -0.1) is 0 Å². The van der Waals surface area contributed by atoms with Crippen molar-refractivity contribution < 1.29 is 4.79 Å². The highest BCUT2D eigenvalue weighted by Crippen LogP contribution is 2.45. The average molecular weight is 265 g/mol. The second kappa shape index (κ2) is 5.06. The predicted molar refractivity (Wildman–Crippen MR) is 75.6 cm³/mol. The summed E-state index contributed by atoms with van der Waals surface area (Å²) in [6.45, 7) is 5.82. The highest BCUT2D eigenvalue weighted by Gasteiger charge is 2.51. The van der Waals surface area contributed by atoms with Gasteiger partial charge in [0.25, 0.3) is 0 Å². The molecule has 3 rings (SSSR count). The molecule has 4 heteroatoms. The van der Waals surface area contributed by atoms with Gasteiger partial charge in [-0.3, -0.25) is 4.79 Å². The Morgan fingerprint density at radius 3 is 3.00 bits per heavy atom. The van der Waals surface area contributed by atoms with Gasteiger partial charge in [-0.1, -0.05) is 19.8 Å². The summed E-state index contributed by atoms with van der Waals surface area (Å²) in [6.07, 6.45) is 5.78. The van der Waals surface area contributed by atoms with Crippen LogP contribution in [0.3, 0.4) is 0 Å². The van der Waals surface area contributed by atoms with Gasteiger partial charge in [-0.25, -0.2) is 0 Å². The van der Waals surface area contributed by atoms with E-state index in [0.29, 0.717) is 17.7 Å². The minimum atomic E-state index is -0.0839. The van der Waals surface area contributed by atoms with E-state index in [2.05, 4.69) is 17.1 Å². The molecule has 2 heterocycles. The summed E-state index contributed by atoms with van der Waals surface area (Å²) in [5.41, 5.74) is 5.99. The highest BCUT2D eigenvalue weighted by atomic mass is 16.2. The maximum Gasteiger partial charge on any atom is 0.230 e. The van der Waals surface area contributed by atoms with Crippen molar-refractivity contribution in [1.29, 1.82) is 0 Å². The number of amides is 1. The maximum atomic E-state index is 13.1. The number of nitrogens with one attached hydrogen (secondary N) is 1. The van der Waals surface area contributed by atoms with Crippen molar-refractivity contribution in [2.45, 2.75) is 45.1 Å². The number of rotatable bonds is 1. The zero-order valence-electron chi connectivity index (χ0n) is 12.0. The molecule has 1 amide bonds. The summed E-state index contributed by atoms with van der Waals surface area (Å²) >= 11 is 0. The first-order chi connectivity index (χ1) is 9.13. The Balaban J connectivity index is 1.75. The number of fused-ring (bicyclic) bond motifs is 1. The van der Waals surface area contributed by atoms with Gasteiger partial charge in [0.2, 0.25) is 5.91 Å². The number of nitrogens with two attached hydrogens (primary N) is 1. The van der Waals surface area contributed by atoms with Crippen molar-refractivity contribution in [3.05, 3.63) is 0 Å². The second-order valence-corrected chi connectivity index (χ2v) is 6.91. The number of carbonyl (C=O) groups is 1. The van der Waals surface area contributed by atoms with Crippen LogP contribution in [0.2, 0.25) is 0 Å². The Morgan fingerprint density at radius 2 is 2.21 bits per heavy atom. The summed E-state index contributed by atoms with van der Waals surface area (Å²) in [6, 6.07) is 0.269. The topological polar surface area (TPSA) is 58.4 Å². The van der Waals surface area contributed by atoms with Gasteiger partial charge in [-0.05, 0) is 37.6 Å². The fourth-order valence-corrected chi connectivity index (χ4v) is 4.33. The number of piperidine rings is 1. The van der Waals surface area contributed by atoms with Crippen LogP contribution < -0.4 is 11.1 Å². The van der Waals surface area contributed by atoms with Crippen LogP contribution in [0.25, 0.3) is 0 Å². The Labute approximate surface area is 116 Å². The molecule has 3 aliphatic rings. The van der Waals surface area contributed by atoms with E-state index in [1.54, 1.807) is 0 Å². The molecular weight excluding hydrogens is 238 g/mol. The molecule has 0 aromatic carbocycles. The first-order valence-electron chi connectivity index (χ1n) is 7.89. The number of hydrogen-bond acceptors (Lipinski definition) is 3. The molecule has 0 aromatic rings. The summed E-state index contributed by atoms with van der Waals surface area (Å²) in [4.78, 5) is 15.2. The molecule has 19 heavy (non-hydrogen) atoms. The first-order valence-corrected chi connectivity index (χ1v) is 7.89. The Kier molecular flexibility index (Phi) is 3.56. The molecule has 2 saturated heterocycles.